The van der Waals surface area contributed by atoms with Crippen LogP contribution in [0.15, 0.2) is 23.1 Å². The lowest BCUT2D eigenvalue weighted by Crippen LogP contribution is -2.27. The van der Waals surface area contributed by atoms with E-state index in [1.54, 1.807) is 17.9 Å². The lowest BCUT2D eigenvalue weighted by molar-refractivity contribution is -0.118. The molecular formula is C11H12ClNO3S. The molecule has 0 aromatic heterocycles. The van der Waals surface area contributed by atoms with Gasteiger partial charge in [-0.25, -0.2) is 8.42 Å². The van der Waals surface area contributed by atoms with Gasteiger partial charge in [-0.05, 0) is 37.6 Å². The average Bonchev–Trinajstić information content (AvgIpc) is 2.50. The van der Waals surface area contributed by atoms with Crippen LogP contribution in [0.3, 0.4) is 0 Å². The maximum absolute atomic E-state index is 11.9. The highest BCUT2D eigenvalue weighted by molar-refractivity contribution is 8.13. The third-order valence-electron chi connectivity index (χ3n) is 2.99. The Labute approximate surface area is 105 Å². The summed E-state index contributed by atoms with van der Waals surface area (Å²) in [5, 5.41) is 0. The van der Waals surface area contributed by atoms with Crippen molar-refractivity contribution in [2.45, 2.75) is 24.7 Å². The molecule has 0 radical (unpaired) electrons. The van der Waals surface area contributed by atoms with Crippen molar-refractivity contribution in [1.82, 2.24) is 0 Å². The van der Waals surface area contributed by atoms with E-state index >= 15 is 0 Å². The number of anilines is 1. The number of rotatable bonds is 2. The number of hydrogen-bond acceptors (Lipinski definition) is 3. The van der Waals surface area contributed by atoms with Crippen molar-refractivity contribution in [1.29, 1.82) is 0 Å². The Morgan fingerprint density at radius 1 is 1.41 bits per heavy atom. The van der Waals surface area contributed by atoms with Crippen molar-refractivity contribution in [3.63, 3.8) is 0 Å². The van der Waals surface area contributed by atoms with E-state index in [9.17, 15) is 13.2 Å². The number of likely N-dealkylation sites (N-methyl/N-ethyl adjacent to an activating group) is 1. The molecule has 0 aliphatic carbocycles. The molecule has 0 fully saturated rings. The largest absolute Gasteiger partial charge is 0.312 e. The minimum Gasteiger partial charge on any atom is -0.312 e. The summed E-state index contributed by atoms with van der Waals surface area (Å²) in [4.78, 5) is 13.6. The van der Waals surface area contributed by atoms with Gasteiger partial charge in [0, 0.05) is 22.9 Å². The summed E-state index contributed by atoms with van der Waals surface area (Å²) in [7, 11) is 1.54. The maximum atomic E-state index is 11.9. The van der Waals surface area contributed by atoms with E-state index < -0.39 is 9.05 Å². The van der Waals surface area contributed by atoms with Crippen molar-refractivity contribution in [2.24, 2.45) is 0 Å². The van der Waals surface area contributed by atoms with Gasteiger partial charge in [0.25, 0.3) is 9.05 Å². The number of amides is 1. The fourth-order valence-electron chi connectivity index (χ4n) is 2.09. The summed E-state index contributed by atoms with van der Waals surface area (Å²) in [5.41, 5.74) is 1.49. The lowest BCUT2D eigenvalue weighted by Gasteiger charge is -2.14. The molecule has 4 nitrogen and oxygen atoms in total. The topological polar surface area (TPSA) is 54.5 Å². The number of fused-ring (bicyclic) bond motifs is 1. The Bertz CT molecular complexity index is 582. The molecule has 1 amide bonds. The molecule has 6 heteroatoms. The molecule has 0 spiro atoms. The first kappa shape index (κ1) is 12.4. The van der Waals surface area contributed by atoms with Gasteiger partial charge < -0.3 is 4.90 Å². The van der Waals surface area contributed by atoms with E-state index in [1.807, 2.05) is 6.92 Å². The smallest absolute Gasteiger partial charge is 0.261 e. The molecule has 2 rings (SSSR count). The van der Waals surface area contributed by atoms with Crippen molar-refractivity contribution >= 4 is 31.3 Å². The van der Waals surface area contributed by atoms with Gasteiger partial charge in [0.1, 0.15) is 0 Å². The van der Waals surface area contributed by atoms with E-state index in [0.717, 1.165) is 11.3 Å². The molecule has 17 heavy (non-hydrogen) atoms. The molecule has 0 saturated carbocycles. The first-order chi connectivity index (χ1) is 7.86. The van der Waals surface area contributed by atoms with Crippen LogP contribution in [0, 0.1) is 0 Å². The Kier molecular flexibility index (Phi) is 2.91. The quantitative estimate of drug-likeness (QED) is 0.775. The molecule has 0 saturated heterocycles. The highest BCUT2D eigenvalue weighted by Crippen LogP contribution is 2.38. The Hall–Kier alpha value is -1.07. The molecule has 0 N–H and O–H groups in total. The van der Waals surface area contributed by atoms with Crippen molar-refractivity contribution in [3.8, 4) is 0 Å². The van der Waals surface area contributed by atoms with E-state index in [2.05, 4.69) is 0 Å². The predicted molar refractivity (Wildman–Crippen MR) is 65.9 cm³/mol. The van der Waals surface area contributed by atoms with E-state index in [0.29, 0.717) is 6.54 Å². The molecule has 1 aromatic carbocycles. The molecule has 0 bridgehead atoms. The summed E-state index contributed by atoms with van der Waals surface area (Å²) in [5.74, 6) is -0.324. The monoisotopic (exact) mass is 273 g/mol. The van der Waals surface area contributed by atoms with E-state index in [-0.39, 0.29) is 16.7 Å². The van der Waals surface area contributed by atoms with Gasteiger partial charge in [0.15, 0.2) is 0 Å². The normalized spacial score (nSPS) is 19.6. The second-order valence-corrected chi connectivity index (χ2v) is 6.53. The lowest BCUT2D eigenvalue weighted by atomic mass is 10.0. The van der Waals surface area contributed by atoms with Crippen molar-refractivity contribution < 1.29 is 13.2 Å². The van der Waals surface area contributed by atoms with Crippen LogP contribution in [0.25, 0.3) is 0 Å². The first-order valence-corrected chi connectivity index (χ1v) is 7.57. The fourth-order valence-corrected chi connectivity index (χ4v) is 2.87. The minimum atomic E-state index is -3.75. The first-order valence-electron chi connectivity index (χ1n) is 5.26. The number of carbonyl (C=O) groups excluding carboxylic acids is 1. The van der Waals surface area contributed by atoms with Gasteiger partial charge in [-0.3, -0.25) is 4.79 Å². The van der Waals surface area contributed by atoms with Crippen LogP contribution in [0.4, 0.5) is 5.69 Å². The molecule has 1 aliphatic rings. The predicted octanol–water partition coefficient (Wildman–Crippen LogP) is 2.08. The van der Waals surface area contributed by atoms with E-state index in [1.165, 1.54) is 12.1 Å². The molecule has 1 atom stereocenters. The Morgan fingerprint density at radius 3 is 2.59 bits per heavy atom. The van der Waals surface area contributed by atoms with Gasteiger partial charge >= 0.3 is 0 Å². The van der Waals surface area contributed by atoms with Gasteiger partial charge in [0.05, 0.1) is 10.8 Å². The van der Waals surface area contributed by atoms with Crippen LogP contribution in [0.5, 0.6) is 0 Å². The highest BCUT2D eigenvalue weighted by atomic mass is 35.7. The summed E-state index contributed by atoms with van der Waals surface area (Å²) in [6, 6.07) is 4.54. The van der Waals surface area contributed by atoms with Crippen LogP contribution in [0.1, 0.15) is 25.3 Å². The molecular weight excluding hydrogens is 262 g/mol. The zero-order valence-electron chi connectivity index (χ0n) is 9.47. The third kappa shape index (κ3) is 1.93. The molecule has 1 aromatic rings. The maximum Gasteiger partial charge on any atom is 0.261 e. The van der Waals surface area contributed by atoms with Crippen molar-refractivity contribution in [3.05, 3.63) is 23.8 Å². The standard InChI is InChI=1S/C11H12ClNO3S/c1-3-13-10-5-4-8(17(12,15)16)6-9(10)7(2)11(13)14/h4-7H,3H2,1-2H3. The third-order valence-corrected chi connectivity index (χ3v) is 4.34. The molecule has 1 unspecified atom stereocenters. The van der Waals surface area contributed by atoms with Crippen molar-refractivity contribution in [2.75, 3.05) is 11.4 Å². The molecule has 92 valence electrons. The number of halogens is 1. The van der Waals surface area contributed by atoms with Crippen LogP contribution in [0.2, 0.25) is 0 Å². The zero-order chi connectivity index (χ0) is 12.8. The second-order valence-electron chi connectivity index (χ2n) is 3.96. The zero-order valence-corrected chi connectivity index (χ0v) is 11.0. The number of carbonyl (C=O) groups is 1. The van der Waals surface area contributed by atoms with Crippen LogP contribution < -0.4 is 4.90 Å². The van der Waals surface area contributed by atoms with Gasteiger partial charge in [0.2, 0.25) is 5.91 Å². The van der Waals surface area contributed by atoms with Gasteiger partial charge in [-0.15, -0.1) is 0 Å². The number of benzene rings is 1. The Balaban J connectivity index is 2.60. The molecule has 1 aliphatic heterocycles. The van der Waals surface area contributed by atoms with Gasteiger partial charge in [-0.1, -0.05) is 0 Å². The summed E-state index contributed by atoms with van der Waals surface area (Å²) in [6.07, 6.45) is 0. The van der Waals surface area contributed by atoms with Crippen LogP contribution in [-0.4, -0.2) is 20.9 Å². The second kappa shape index (κ2) is 3.99. The Morgan fingerprint density at radius 2 is 2.06 bits per heavy atom. The molecule has 1 heterocycles. The van der Waals surface area contributed by atoms with Crippen LogP contribution >= 0.6 is 10.7 Å². The number of hydrogen-bond donors (Lipinski definition) is 0. The summed E-state index contributed by atoms with van der Waals surface area (Å²) < 4.78 is 22.5. The van der Waals surface area contributed by atoms with Crippen LogP contribution in [-0.2, 0) is 13.8 Å². The number of nitrogens with zero attached hydrogens (tertiary/aromatic N) is 1. The fraction of sp³-hybridized carbons (Fsp3) is 0.364. The average molecular weight is 274 g/mol. The summed E-state index contributed by atoms with van der Waals surface area (Å²) >= 11 is 0. The minimum absolute atomic E-state index is 0.00776. The van der Waals surface area contributed by atoms with Gasteiger partial charge in [-0.2, -0.15) is 0 Å². The highest BCUT2D eigenvalue weighted by Gasteiger charge is 2.33. The SMILES string of the molecule is CCN1C(=O)C(C)c2cc(S(=O)(=O)Cl)ccc21. The van der Waals surface area contributed by atoms with E-state index in [4.69, 9.17) is 10.7 Å². The summed E-state index contributed by atoms with van der Waals surface area (Å²) in [6.45, 7) is 4.22.